The summed E-state index contributed by atoms with van der Waals surface area (Å²) in [7, 11) is 0. The second-order valence-electron chi connectivity index (χ2n) is 4.96. The van der Waals surface area contributed by atoms with Crippen LogP contribution in [-0.4, -0.2) is 15.0 Å². The fraction of sp³-hybridized carbons (Fsp3) is 0.400. The van der Waals surface area contributed by atoms with Gasteiger partial charge >= 0.3 is 0 Å². The van der Waals surface area contributed by atoms with Gasteiger partial charge < -0.3 is 4.98 Å². The standard InChI is InChI=1S/C15H17N3O/c1-2-13-17-12(9-14(19)18-13)11-7-3-5-10-6-4-8-16-15(10)11/h4,6,8-9,11H,2-3,5,7H2,1H3,(H,17,18,19). The van der Waals surface area contributed by atoms with Crippen LogP contribution in [-0.2, 0) is 12.8 Å². The maximum atomic E-state index is 11.7. The van der Waals surface area contributed by atoms with Crippen molar-refractivity contribution < 1.29 is 0 Å². The van der Waals surface area contributed by atoms with E-state index in [2.05, 4.69) is 21.0 Å². The number of pyridine rings is 1. The van der Waals surface area contributed by atoms with Crippen LogP contribution in [0.2, 0.25) is 0 Å². The molecule has 2 aromatic rings. The first-order valence-electron chi connectivity index (χ1n) is 6.82. The average molecular weight is 255 g/mol. The predicted molar refractivity (Wildman–Crippen MR) is 73.3 cm³/mol. The molecule has 1 N–H and O–H groups in total. The maximum absolute atomic E-state index is 11.7. The second-order valence-corrected chi connectivity index (χ2v) is 4.96. The van der Waals surface area contributed by atoms with Gasteiger partial charge in [-0.25, -0.2) is 4.98 Å². The lowest BCUT2D eigenvalue weighted by molar-refractivity contribution is 0.583. The van der Waals surface area contributed by atoms with Crippen molar-refractivity contribution in [2.24, 2.45) is 0 Å². The summed E-state index contributed by atoms with van der Waals surface area (Å²) in [6.07, 6.45) is 5.78. The van der Waals surface area contributed by atoms with Crippen LogP contribution >= 0.6 is 0 Å². The first-order chi connectivity index (χ1) is 9.28. The van der Waals surface area contributed by atoms with E-state index in [-0.39, 0.29) is 11.5 Å². The molecule has 0 saturated heterocycles. The molecule has 3 rings (SSSR count). The summed E-state index contributed by atoms with van der Waals surface area (Å²) >= 11 is 0. The lowest BCUT2D eigenvalue weighted by Crippen LogP contribution is -2.19. The molecule has 0 bridgehead atoms. The van der Waals surface area contributed by atoms with Gasteiger partial charge in [-0.1, -0.05) is 13.0 Å². The van der Waals surface area contributed by atoms with E-state index in [1.807, 2.05) is 19.2 Å². The molecule has 2 aromatic heterocycles. The van der Waals surface area contributed by atoms with Crippen LogP contribution in [0.1, 0.15) is 48.5 Å². The number of aromatic nitrogens is 3. The van der Waals surface area contributed by atoms with E-state index in [1.54, 1.807) is 6.07 Å². The highest BCUT2D eigenvalue weighted by Gasteiger charge is 2.24. The van der Waals surface area contributed by atoms with Crippen LogP contribution in [0.25, 0.3) is 0 Å². The molecule has 1 aliphatic rings. The monoisotopic (exact) mass is 255 g/mol. The molecule has 1 unspecified atom stereocenters. The minimum absolute atomic E-state index is 0.0649. The molecule has 0 aliphatic heterocycles. The minimum Gasteiger partial charge on any atom is -0.311 e. The van der Waals surface area contributed by atoms with Crippen molar-refractivity contribution in [3.63, 3.8) is 0 Å². The van der Waals surface area contributed by atoms with E-state index >= 15 is 0 Å². The molecular weight excluding hydrogens is 238 g/mol. The number of hydrogen-bond donors (Lipinski definition) is 1. The van der Waals surface area contributed by atoms with Gasteiger partial charge in [0.2, 0.25) is 0 Å². The number of rotatable bonds is 2. The second kappa shape index (κ2) is 4.96. The third kappa shape index (κ3) is 2.30. The Morgan fingerprint density at radius 3 is 3.21 bits per heavy atom. The lowest BCUT2D eigenvalue weighted by atomic mass is 9.84. The lowest BCUT2D eigenvalue weighted by Gasteiger charge is -2.23. The minimum atomic E-state index is -0.0649. The van der Waals surface area contributed by atoms with Crippen LogP contribution < -0.4 is 5.56 Å². The molecule has 0 amide bonds. The fourth-order valence-corrected chi connectivity index (χ4v) is 2.77. The molecule has 0 fully saturated rings. The number of aromatic amines is 1. The molecule has 19 heavy (non-hydrogen) atoms. The Bertz CT molecular complexity index is 648. The largest absolute Gasteiger partial charge is 0.311 e. The van der Waals surface area contributed by atoms with Gasteiger partial charge in [0.05, 0.1) is 11.4 Å². The van der Waals surface area contributed by atoms with Gasteiger partial charge in [0.25, 0.3) is 5.56 Å². The summed E-state index contributed by atoms with van der Waals surface area (Å²) in [5, 5.41) is 0. The number of fused-ring (bicyclic) bond motifs is 1. The average Bonchev–Trinajstić information content (AvgIpc) is 2.46. The molecule has 0 aromatic carbocycles. The van der Waals surface area contributed by atoms with E-state index in [0.717, 1.165) is 42.9 Å². The van der Waals surface area contributed by atoms with Gasteiger partial charge in [-0.05, 0) is 30.9 Å². The topological polar surface area (TPSA) is 58.6 Å². The molecule has 0 saturated carbocycles. The molecule has 4 nitrogen and oxygen atoms in total. The first kappa shape index (κ1) is 12.1. The Labute approximate surface area is 111 Å². The highest BCUT2D eigenvalue weighted by Crippen LogP contribution is 2.33. The third-order valence-electron chi connectivity index (χ3n) is 3.70. The van der Waals surface area contributed by atoms with E-state index < -0.39 is 0 Å². The molecule has 1 atom stereocenters. The van der Waals surface area contributed by atoms with Crippen molar-refractivity contribution in [2.45, 2.75) is 38.5 Å². The van der Waals surface area contributed by atoms with Crippen LogP contribution in [0.5, 0.6) is 0 Å². The Balaban J connectivity index is 2.08. The van der Waals surface area contributed by atoms with E-state index in [4.69, 9.17) is 0 Å². The first-order valence-corrected chi connectivity index (χ1v) is 6.82. The summed E-state index contributed by atoms with van der Waals surface area (Å²) in [6.45, 7) is 2.00. The number of nitrogens with one attached hydrogen (secondary N) is 1. The number of H-pyrrole nitrogens is 1. The Morgan fingerprint density at radius 2 is 2.37 bits per heavy atom. The van der Waals surface area contributed by atoms with Crippen molar-refractivity contribution >= 4 is 0 Å². The summed E-state index contributed by atoms with van der Waals surface area (Å²) in [4.78, 5) is 23.6. The normalized spacial score (nSPS) is 18.1. The van der Waals surface area contributed by atoms with Crippen molar-refractivity contribution in [2.75, 3.05) is 0 Å². The number of hydrogen-bond acceptors (Lipinski definition) is 3. The summed E-state index contributed by atoms with van der Waals surface area (Å²) in [6, 6.07) is 5.72. The van der Waals surface area contributed by atoms with Crippen LogP contribution in [0.15, 0.2) is 29.2 Å². The Morgan fingerprint density at radius 1 is 1.47 bits per heavy atom. The van der Waals surface area contributed by atoms with Crippen molar-refractivity contribution in [3.8, 4) is 0 Å². The zero-order chi connectivity index (χ0) is 13.2. The summed E-state index contributed by atoms with van der Waals surface area (Å²) in [5.74, 6) is 0.920. The summed E-state index contributed by atoms with van der Waals surface area (Å²) < 4.78 is 0. The SMILES string of the molecule is CCc1nc(C2CCCc3cccnc32)cc(=O)[nH]1. The quantitative estimate of drug-likeness (QED) is 0.895. The molecule has 0 spiro atoms. The number of aryl methyl sites for hydroxylation is 2. The van der Waals surface area contributed by atoms with E-state index in [9.17, 15) is 4.79 Å². The highest BCUT2D eigenvalue weighted by atomic mass is 16.1. The van der Waals surface area contributed by atoms with Gasteiger partial charge in [-0.3, -0.25) is 9.78 Å². The van der Waals surface area contributed by atoms with Gasteiger partial charge in [0.15, 0.2) is 0 Å². The maximum Gasteiger partial charge on any atom is 0.251 e. The smallest absolute Gasteiger partial charge is 0.251 e. The number of nitrogens with zero attached hydrogens (tertiary/aromatic N) is 2. The van der Waals surface area contributed by atoms with Gasteiger partial charge in [-0.15, -0.1) is 0 Å². The Kier molecular flexibility index (Phi) is 3.15. The molecule has 1 aliphatic carbocycles. The highest BCUT2D eigenvalue weighted by molar-refractivity contribution is 5.32. The van der Waals surface area contributed by atoms with Crippen LogP contribution in [0.3, 0.4) is 0 Å². The third-order valence-corrected chi connectivity index (χ3v) is 3.70. The molecule has 98 valence electrons. The zero-order valence-corrected chi connectivity index (χ0v) is 11.0. The van der Waals surface area contributed by atoms with Gasteiger partial charge in [0, 0.05) is 24.6 Å². The van der Waals surface area contributed by atoms with Crippen molar-refractivity contribution in [3.05, 3.63) is 57.5 Å². The van der Waals surface area contributed by atoms with Gasteiger partial charge in [-0.2, -0.15) is 0 Å². The van der Waals surface area contributed by atoms with E-state index in [0.29, 0.717) is 0 Å². The van der Waals surface area contributed by atoms with Crippen molar-refractivity contribution in [1.82, 2.24) is 15.0 Å². The molecule has 4 heteroatoms. The molecular formula is C15H17N3O. The Hall–Kier alpha value is -1.97. The van der Waals surface area contributed by atoms with Crippen molar-refractivity contribution in [1.29, 1.82) is 0 Å². The van der Waals surface area contributed by atoms with E-state index in [1.165, 1.54) is 5.56 Å². The summed E-state index contributed by atoms with van der Waals surface area (Å²) in [5.41, 5.74) is 3.18. The van der Waals surface area contributed by atoms with Crippen LogP contribution in [0, 0.1) is 0 Å². The fourth-order valence-electron chi connectivity index (χ4n) is 2.77. The van der Waals surface area contributed by atoms with Gasteiger partial charge in [0.1, 0.15) is 5.82 Å². The predicted octanol–water partition coefficient (Wildman–Crippen LogP) is 2.20. The molecule has 2 heterocycles. The zero-order valence-electron chi connectivity index (χ0n) is 11.0. The molecule has 0 radical (unpaired) electrons. The van der Waals surface area contributed by atoms with Crippen LogP contribution in [0.4, 0.5) is 0 Å².